The number of aliphatic hydroxyl groups excluding tert-OH is 1. The molecule has 1 fully saturated rings. The molecule has 1 aromatic carbocycles. The summed E-state index contributed by atoms with van der Waals surface area (Å²) in [5.41, 5.74) is 2.39. The Morgan fingerprint density at radius 3 is 2.41 bits per heavy atom. The molecule has 0 unspecified atom stereocenters. The van der Waals surface area contributed by atoms with E-state index in [4.69, 9.17) is 0 Å². The van der Waals surface area contributed by atoms with E-state index in [2.05, 4.69) is 34.5 Å². The van der Waals surface area contributed by atoms with Crippen molar-refractivity contribution in [2.75, 3.05) is 29.9 Å². The van der Waals surface area contributed by atoms with Gasteiger partial charge >= 0.3 is 0 Å². The Balaban J connectivity index is 1.92. The van der Waals surface area contributed by atoms with E-state index < -0.39 is 0 Å². The van der Waals surface area contributed by atoms with Gasteiger partial charge in [-0.25, -0.2) is 0 Å². The van der Waals surface area contributed by atoms with Crippen LogP contribution in [0.15, 0.2) is 24.3 Å². The van der Waals surface area contributed by atoms with Crippen LogP contribution in [0, 0.1) is 0 Å². The monoisotopic (exact) mass is 234 g/mol. The molecule has 94 valence electrons. The molecule has 1 aliphatic heterocycles. The van der Waals surface area contributed by atoms with Crippen LogP contribution in [0.3, 0.4) is 0 Å². The molecule has 2 rings (SSSR count). The normalized spacial score (nSPS) is 17.9. The van der Waals surface area contributed by atoms with Gasteiger partial charge in [0.05, 0.1) is 6.10 Å². The molecular weight excluding hydrogens is 212 g/mol. The van der Waals surface area contributed by atoms with Crippen molar-refractivity contribution in [2.24, 2.45) is 0 Å². The summed E-state index contributed by atoms with van der Waals surface area (Å²) in [6.45, 7) is 4.75. The van der Waals surface area contributed by atoms with Gasteiger partial charge in [-0.05, 0) is 50.5 Å². The highest BCUT2D eigenvalue weighted by atomic mass is 16.3. The van der Waals surface area contributed by atoms with E-state index in [0.29, 0.717) is 6.54 Å². The van der Waals surface area contributed by atoms with Gasteiger partial charge in [0.25, 0.3) is 0 Å². The van der Waals surface area contributed by atoms with Crippen molar-refractivity contribution in [1.82, 2.24) is 0 Å². The Morgan fingerprint density at radius 2 is 1.82 bits per heavy atom. The fourth-order valence-corrected chi connectivity index (χ4v) is 2.21. The Labute approximate surface area is 103 Å². The highest BCUT2D eigenvalue weighted by Gasteiger charge is 2.10. The molecule has 2 N–H and O–H groups in total. The lowest BCUT2D eigenvalue weighted by atomic mass is 10.1. The molecule has 0 spiro atoms. The highest BCUT2D eigenvalue weighted by Crippen LogP contribution is 2.21. The lowest BCUT2D eigenvalue weighted by Gasteiger charge is -2.28. The average molecular weight is 234 g/mol. The maximum Gasteiger partial charge on any atom is 0.0684 e. The third-order valence-electron chi connectivity index (χ3n) is 3.19. The van der Waals surface area contributed by atoms with Crippen molar-refractivity contribution >= 4 is 11.4 Å². The van der Waals surface area contributed by atoms with Crippen LogP contribution in [0.4, 0.5) is 11.4 Å². The molecular formula is C14H22N2O. The molecule has 0 amide bonds. The summed E-state index contributed by atoms with van der Waals surface area (Å²) >= 11 is 0. The van der Waals surface area contributed by atoms with Gasteiger partial charge in [-0.1, -0.05) is 0 Å². The van der Waals surface area contributed by atoms with Crippen LogP contribution >= 0.6 is 0 Å². The van der Waals surface area contributed by atoms with Gasteiger partial charge in [0.2, 0.25) is 0 Å². The molecule has 0 saturated carbocycles. The minimum absolute atomic E-state index is 0.309. The van der Waals surface area contributed by atoms with Crippen molar-refractivity contribution in [2.45, 2.75) is 32.3 Å². The standard InChI is InChI=1S/C14H22N2O/c1-12(17)11-15-13-5-7-14(8-6-13)16-9-3-2-4-10-16/h5-8,12,15,17H,2-4,9-11H2,1H3/t12-/m0/s1. The van der Waals surface area contributed by atoms with Gasteiger partial charge in [-0.2, -0.15) is 0 Å². The summed E-state index contributed by atoms with van der Waals surface area (Å²) in [6, 6.07) is 8.50. The van der Waals surface area contributed by atoms with Crippen molar-refractivity contribution in [3.8, 4) is 0 Å². The third-order valence-corrected chi connectivity index (χ3v) is 3.19. The number of anilines is 2. The SMILES string of the molecule is C[C@H](O)CNc1ccc(N2CCCCC2)cc1. The molecule has 1 aliphatic rings. The fraction of sp³-hybridized carbons (Fsp3) is 0.571. The first-order valence-electron chi connectivity index (χ1n) is 6.52. The summed E-state index contributed by atoms with van der Waals surface area (Å²) in [5.74, 6) is 0. The molecule has 0 bridgehead atoms. The summed E-state index contributed by atoms with van der Waals surface area (Å²) in [5, 5.41) is 12.4. The summed E-state index contributed by atoms with van der Waals surface area (Å²) in [7, 11) is 0. The van der Waals surface area contributed by atoms with Crippen molar-refractivity contribution < 1.29 is 5.11 Å². The van der Waals surface area contributed by atoms with E-state index in [1.165, 1.54) is 38.0 Å². The minimum Gasteiger partial charge on any atom is -0.392 e. The summed E-state index contributed by atoms with van der Waals surface area (Å²) in [6.07, 6.45) is 3.67. The van der Waals surface area contributed by atoms with E-state index in [0.717, 1.165) is 5.69 Å². The second-order valence-corrected chi connectivity index (χ2v) is 4.82. The number of hydrogen-bond acceptors (Lipinski definition) is 3. The molecule has 1 saturated heterocycles. The number of aliphatic hydroxyl groups is 1. The van der Waals surface area contributed by atoms with Gasteiger partial charge in [0.1, 0.15) is 0 Å². The van der Waals surface area contributed by atoms with Crippen LogP contribution in [0.25, 0.3) is 0 Å². The predicted octanol–water partition coefficient (Wildman–Crippen LogP) is 2.47. The smallest absolute Gasteiger partial charge is 0.0684 e. The van der Waals surface area contributed by atoms with Gasteiger partial charge < -0.3 is 15.3 Å². The van der Waals surface area contributed by atoms with Crippen LogP contribution in [0.1, 0.15) is 26.2 Å². The number of benzene rings is 1. The topological polar surface area (TPSA) is 35.5 Å². The maximum absolute atomic E-state index is 9.20. The highest BCUT2D eigenvalue weighted by molar-refractivity contribution is 5.55. The first kappa shape index (κ1) is 12.2. The molecule has 1 heterocycles. The van der Waals surface area contributed by atoms with Crippen molar-refractivity contribution in [3.05, 3.63) is 24.3 Å². The molecule has 0 aliphatic carbocycles. The fourth-order valence-electron chi connectivity index (χ4n) is 2.21. The van der Waals surface area contributed by atoms with Crippen LogP contribution in [0.2, 0.25) is 0 Å². The zero-order valence-corrected chi connectivity index (χ0v) is 10.5. The summed E-state index contributed by atoms with van der Waals surface area (Å²) in [4.78, 5) is 2.45. The zero-order chi connectivity index (χ0) is 12.1. The zero-order valence-electron chi connectivity index (χ0n) is 10.5. The lowest BCUT2D eigenvalue weighted by molar-refractivity contribution is 0.208. The Kier molecular flexibility index (Phi) is 4.26. The van der Waals surface area contributed by atoms with E-state index in [1.807, 2.05) is 0 Å². The molecule has 1 atom stereocenters. The van der Waals surface area contributed by atoms with E-state index >= 15 is 0 Å². The van der Waals surface area contributed by atoms with E-state index in [-0.39, 0.29) is 6.10 Å². The number of hydrogen-bond donors (Lipinski definition) is 2. The lowest BCUT2D eigenvalue weighted by Crippen LogP contribution is -2.29. The maximum atomic E-state index is 9.20. The number of piperidine rings is 1. The second-order valence-electron chi connectivity index (χ2n) is 4.82. The van der Waals surface area contributed by atoms with Crippen molar-refractivity contribution in [3.63, 3.8) is 0 Å². The molecule has 17 heavy (non-hydrogen) atoms. The third kappa shape index (κ3) is 3.63. The molecule has 3 nitrogen and oxygen atoms in total. The van der Waals surface area contributed by atoms with Crippen LogP contribution < -0.4 is 10.2 Å². The van der Waals surface area contributed by atoms with Gasteiger partial charge in [-0.3, -0.25) is 0 Å². The van der Waals surface area contributed by atoms with Gasteiger partial charge in [0, 0.05) is 31.0 Å². The largest absolute Gasteiger partial charge is 0.392 e. The molecule has 1 aromatic rings. The molecule has 0 aromatic heterocycles. The minimum atomic E-state index is -0.309. The molecule has 3 heteroatoms. The van der Waals surface area contributed by atoms with Crippen LogP contribution in [0.5, 0.6) is 0 Å². The van der Waals surface area contributed by atoms with Gasteiger partial charge in [0.15, 0.2) is 0 Å². The second kappa shape index (κ2) is 5.92. The summed E-state index contributed by atoms with van der Waals surface area (Å²) < 4.78 is 0. The quantitative estimate of drug-likeness (QED) is 0.840. The Bertz CT molecular complexity index is 329. The number of rotatable bonds is 4. The average Bonchev–Trinajstić information content (AvgIpc) is 2.38. The Morgan fingerprint density at radius 1 is 1.18 bits per heavy atom. The van der Waals surface area contributed by atoms with Crippen LogP contribution in [-0.4, -0.2) is 30.8 Å². The van der Waals surface area contributed by atoms with Crippen LogP contribution in [-0.2, 0) is 0 Å². The number of nitrogens with one attached hydrogen (secondary N) is 1. The van der Waals surface area contributed by atoms with Gasteiger partial charge in [-0.15, -0.1) is 0 Å². The predicted molar refractivity (Wildman–Crippen MR) is 72.7 cm³/mol. The van der Waals surface area contributed by atoms with Crippen molar-refractivity contribution in [1.29, 1.82) is 0 Å². The first-order chi connectivity index (χ1) is 8.25. The first-order valence-corrected chi connectivity index (χ1v) is 6.52. The molecule has 0 radical (unpaired) electrons. The Hall–Kier alpha value is -1.22. The van der Waals surface area contributed by atoms with E-state index in [1.54, 1.807) is 6.92 Å². The number of nitrogens with zero attached hydrogens (tertiary/aromatic N) is 1. The van der Waals surface area contributed by atoms with E-state index in [9.17, 15) is 5.11 Å².